The van der Waals surface area contributed by atoms with Crippen molar-refractivity contribution in [3.8, 4) is 0 Å². The zero-order chi connectivity index (χ0) is 12.4. The summed E-state index contributed by atoms with van der Waals surface area (Å²) in [6.07, 6.45) is 0.759. The summed E-state index contributed by atoms with van der Waals surface area (Å²) in [5, 5.41) is 7.41. The van der Waals surface area contributed by atoms with Crippen molar-refractivity contribution < 1.29 is 4.79 Å². The minimum absolute atomic E-state index is 0.0806. The van der Waals surface area contributed by atoms with Crippen LogP contribution in [0.5, 0.6) is 0 Å². The maximum absolute atomic E-state index is 12.4. The van der Waals surface area contributed by atoms with Crippen LogP contribution in [-0.4, -0.2) is 45.6 Å². The van der Waals surface area contributed by atoms with Crippen molar-refractivity contribution in [1.82, 2.24) is 19.8 Å². The molecule has 1 aromatic heterocycles. The highest BCUT2D eigenvalue weighted by Gasteiger charge is 2.28. The number of carbonyl (C=O) groups is 1. The lowest BCUT2D eigenvalue weighted by atomic mass is 10.1. The van der Waals surface area contributed by atoms with Gasteiger partial charge in [0.25, 0.3) is 5.91 Å². The van der Waals surface area contributed by atoms with E-state index in [2.05, 4.69) is 28.8 Å². The van der Waals surface area contributed by atoms with Gasteiger partial charge in [0.05, 0.1) is 5.69 Å². The lowest BCUT2D eigenvalue weighted by Gasteiger charge is -2.35. The molecule has 1 aromatic rings. The molecule has 0 aliphatic carbocycles. The van der Waals surface area contributed by atoms with E-state index < -0.39 is 0 Å². The Morgan fingerprint density at radius 1 is 1.47 bits per heavy atom. The van der Waals surface area contributed by atoms with Crippen molar-refractivity contribution in [2.75, 3.05) is 13.1 Å². The second kappa shape index (κ2) is 5.10. The second-order valence-corrected chi connectivity index (χ2v) is 5.34. The van der Waals surface area contributed by atoms with Gasteiger partial charge in [-0.3, -0.25) is 4.79 Å². The van der Waals surface area contributed by atoms with Crippen molar-refractivity contribution in [2.45, 2.75) is 39.3 Å². The van der Waals surface area contributed by atoms with Crippen molar-refractivity contribution in [3.63, 3.8) is 0 Å². The van der Waals surface area contributed by atoms with Crippen LogP contribution < -0.4 is 5.32 Å². The zero-order valence-corrected chi connectivity index (χ0v) is 11.3. The van der Waals surface area contributed by atoms with Crippen molar-refractivity contribution in [2.24, 2.45) is 0 Å². The molecule has 0 bridgehead atoms. The van der Waals surface area contributed by atoms with Gasteiger partial charge in [0.1, 0.15) is 4.88 Å². The van der Waals surface area contributed by atoms with Gasteiger partial charge in [-0.15, -0.1) is 5.10 Å². The maximum atomic E-state index is 12.4. The van der Waals surface area contributed by atoms with Gasteiger partial charge < -0.3 is 10.2 Å². The Morgan fingerprint density at radius 2 is 2.12 bits per heavy atom. The number of nitrogens with one attached hydrogen (secondary N) is 1. The van der Waals surface area contributed by atoms with Gasteiger partial charge >= 0.3 is 0 Å². The van der Waals surface area contributed by atoms with Crippen LogP contribution in [0.25, 0.3) is 0 Å². The van der Waals surface area contributed by atoms with E-state index in [1.807, 2.05) is 11.8 Å². The Bertz CT molecular complexity index is 396. The lowest BCUT2D eigenvalue weighted by molar-refractivity contribution is 0.0677. The first kappa shape index (κ1) is 12.4. The maximum Gasteiger partial charge on any atom is 0.267 e. The van der Waals surface area contributed by atoms with Crippen LogP contribution in [-0.2, 0) is 6.42 Å². The van der Waals surface area contributed by atoms with Crippen LogP contribution in [0.1, 0.15) is 36.1 Å². The molecular formula is C11H18N4OS. The lowest BCUT2D eigenvalue weighted by Crippen LogP contribution is -2.55. The zero-order valence-electron chi connectivity index (χ0n) is 10.4. The number of hydrogen-bond donors (Lipinski definition) is 1. The molecule has 2 atom stereocenters. The summed E-state index contributed by atoms with van der Waals surface area (Å²) in [7, 11) is 0. The van der Waals surface area contributed by atoms with E-state index in [0.717, 1.165) is 25.2 Å². The fourth-order valence-corrected chi connectivity index (χ4v) is 2.96. The van der Waals surface area contributed by atoms with Crippen LogP contribution in [0.4, 0.5) is 0 Å². The first-order valence-electron chi connectivity index (χ1n) is 5.98. The third kappa shape index (κ3) is 2.63. The Morgan fingerprint density at radius 3 is 2.71 bits per heavy atom. The molecule has 5 nitrogen and oxygen atoms in total. The highest BCUT2D eigenvalue weighted by Crippen LogP contribution is 2.16. The van der Waals surface area contributed by atoms with E-state index >= 15 is 0 Å². The van der Waals surface area contributed by atoms with E-state index in [-0.39, 0.29) is 5.91 Å². The van der Waals surface area contributed by atoms with E-state index in [0.29, 0.717) is 17.0 Å². The van der Waals surface area contributed by atoms with Gasteiger partial charge in [-0.2, -0.15) is 0 Å². The number of aromatic nitrogens is 2. The van der Waals surface area contributed by atoms with Gasteiger partial charge in [0.2, 0.25) is 0 Å². The largest absolute Gasteiger partial charge is 0.335 e. The topological polar surface area (TPSA) is 58.1 Å². The molecule has 0 saturated carbocycles. The molecule has 1 amide bonds. The molecule has 1 saturated heterocycles. The number of rotatable bonds is 2. The molecule has 2 heterocycles. The van der Waals surface area contributed by atoms with Crippen molar-refractivity contribution in [3.05, 3.63) is 10.6 Å². The number of aryl methyl sites for hydroxylation is 1. The average Bonchev–Trinajstić information content (AvgIpc) is 2.74. The third-order valence-corrected chi connectivity index (χ3v) is 3.69. The summed E-state index contributed by atoms with van der Waals surface area (Å²) in [5.74, 6) is 0.0806. The summed E-state index contributed by atoms with van der Waals surface area (Å²) < 4.78 is 3.88. The number of carbonyl (C=O) groups excluding carboxylic acids is 1. The van der Waals surface area contributed by atoms with E-state index in [4.69, 9.17) is 0 Å². The second-order valence-electron chi connectivity index (χ2n) is 4.58. The molecule has 6 heteroatoms. The molecule has 0 aromatic carbocycles. The predicted molar refractivity (Wildman–Crippen MR) is 67.3 cm³/mol. The Balaban J connectivity index is 2.14. The van der Waals surface area contributed by atoms with Gasteiger partial charge in [-0.05, 0) is 31.8 Å². The molecule has 1 fully saturated rings. The quantitative estimate of drug-likeness (QED) is 0.853. The normalized spacial score (nSPS) is 25.0. The van der Waals surface area contributed by atoms with Crippen LogP contribution >= 0.6 is 11.5 Å². The minimum atomic E-state index is 0.0806. The highest BCUT2D eigenvalue weighted by molar-refractivity contribution is 7.08. The van der Waals surface area contributed by atoms with Crippen LogP contribution in [0.2, 0.25) is 0 Å². The van der Waals surface area contributed by atoms with Crippen LogP contribution in [0.15, 0.2) is 0 Å². The summed E-state index contributed by atoms with van der Waals surface area (Å²) in [5.41, 5.74) is 0.818. The Kier molecular flexibility index (Phi) is 3.73. The van der Waals surface area contributed by atoms with Gasteiger partial charge in [-0.1, -0.05) is 11.4 Å². The number of amides is 1. The number of hydrogen-bond acceptors (Lipinski definition) is 5. The van der Waals surface area contributed by atoms with Crippen molar-refractivity contribution in [1.29, 1.82) is 0 Å². The molecule has 1 aliphatic rings. The van der Waals surface area contributed by atoms with Gasteiger partial charge in [0, 0.05) is 25.2 Å². The van der Waals surface area contributed by atoms with E-state index in [1.165, 1.54) is 11.5 Å². The van der Waals surface area contributed by atoms with Crippen LogP contribution in [0, 0.1) is 0 Å². The number of piperazine rings is 1. The first-order chi connectivity index (χ1) is 8.11. The highest BCUT2D eigenvalue weighted by atomic mass is 32.1. The predicted octanol–water partition coefficient (Wildman–Crippen LogP) is 0.923. The molecule has 2 rings (SSSR count). The summed E-state index contributed by atoms with van der Waals surface area (Å²) in [6, 6.07) is 0.683. The van der Waals surface area contributed by atoms with E-state index in [1.54, 1.807) is 0 Å². The summed E-state index contributed by atoms with van der Waals surface area (Å²) in [4.78, 5) is 15.0. The standard InChI is InChI=1S/C11H18N4OS/c1-4-9-10(17-14-13-9)11(16)15-5-7(2)12-8(3)6-15/h7-8,12H,4-6H2,1-3H3. The fraction of sp³-hybridized carbons (Fsp3) is 0.727. The SMILES string of the molecule is CCc1nnsc1C(=O)N1CC(C)NC(C)C1. The first-order valence-corrected chi connectivity index (χ1v) is 6.75. The number of nitrogens with zero attached hydrogens (tertiary/aromatic N) is 3. The molecule has 1 N–H and O–H groups in total. The molecule has 2 unspecified atom stereocenters. The molecule has 0 spiro atoms. The molecule has 94 valence electrons. The fourth-order valence-electron chi connectivity index (χ4n) is 2.24. The van der Waals surface area contributed by atoms with Crippen LogP contribution in [0.3, 0.4) is 0 Å². The monoisotopic (exact) mass is 254 g/mol. The van der Waals surface area contributed by atoms with Crippen molar-refractivity contribution >= 4 is 17.4 Å². The third-order valence-electron chi connectivity index (χ3n) is 2.93. The molecule has 1 aliphatic heterocycles. The summed E-state index contributed by atoms with van der Waals surface area (Å²) in [6.45, 7) is 7.70. The average molecular weight is 254 g/mol. The molecule has 17 heavy (non-hydrogen) atoms. The van der Waals surface area contributed by atoms with Gasteiger partial charge in [0.15, 0.2) is 0 Å². The smallest absolute Gasteiger partial charge is 0.267 e. The van der Waals surface area contributed by atoms with Gasteiger partial charge in [-0.25, -0.2) is 0 Å². The summed E-state index contributed by atoms with van der Waals surface area (Å²) >= 11 is 1.21. The Labute approximate surface area is 105 Å². The molecular weight excluding hydrogens is 236 g/mol. The molecule has 0 radical (unpaired) electrons. The minimum Gasteiger partial charge on any atom is -0.335 e. The van der Waals surface area contributed by atoms with E-state index in [9.17, 15) is 4.79 Å². The Hall–Kier alpha value is -1.01.